The van der Waals surface area contributed by atoms with Crippen LogP contribution in [0.15, 0.2) is 64.2 Å². The number of alkyl halides is 3. The number of hydrogen-bond donors (Lipinski definition) is 0. The normalized spacial score (nSPS) is 11.7. The molecule has 6 nitrogen and oxygen atoms in total. The minimum atomic E-state index is -4.54. The van der Waals surface area contributed by atoms with Crippen molar-refractivity contribution >= 4 is 11.0 Å². The van der Waals surface area contributed by atoms with Gasteiger partial charge in [0.1, 0.15) is 5.75 Å². The van der Waals surface area contributed by atoms with Gasteiger partial charge in [0, 0.05) is 5.69 Å². The molecule has 0 aliphatic carbocycles. The Hall–Kier alpha value is -3.88. The van der Waals surface area contributed by atoms with Gasteiger partial charge in [-0.2, -0.15) is 13.2 Å². The number of halogens is 3. The van der Waals surface area contributed by atoms with E-state index in [1.165, 1.54) is 23.8 Å². The third-order valence-corrected chi connectivity index (χ3v) is 5.34. The van der Waals surface area contributed by atoms with Crippen LogP contribution in [0, 0.1) is 13.8 Å². The molecule has 0 amide bonds. The number of methoxy groups -OCH3 is 1. The standard InChI is InChI=1S/C24H20F3N3O3/c1-14-11-15(2)28-21-20(14)22(31)29(13-16-7-6-8-17(12-16)24(25,26)27)23(32)30(21)18-9-4-5-10-19(18)33-3/h4-12H,13H2,1-3H3. The second-order valence-corrected chi connectivity index (χ2v) is 7.66. The molecule has 0 unspecified atom stereocenters. The minimum Gasteiger partial charge on any atom is -0.495 e. The van der Waals surface area contributed by atoms with Gasteiger partial charge in [-0.1, -0.05) is 24.3 Å². The number of para-hydroxylation sites is 2. The zero-order valence-electron chi connectivity index (χ0n) is 18.1. The van der Waals surface area contributed by atoms with E-state index in [1.807, 2.05) is 0 Å². The summed E-state index contributed by atoms with van der Waals surface area (Å²) >= 11 is 0. The van der Waals surface area contributed by atoms with Gasteiger partial charge in [-0.25, -0.2) is 14.3 Å². The molecule has 170 valence electrons. The lowest BCUT2D eigenvalue weighted by Gasteiger charge is -2.17. The summed E-state index contributed by atoms with van der Waals surface area (Å²) < 4.78 is 47.1. The highest BCUT2D eigenvalue weighted by molar-refractivity contribution is 5.80. The lowest BCUT2D eigenvalue weighted by molar-refractivity contribution is -0.137. The first kappa shape index (κ1) is 22.3. The summed E-state index contributed by atoms with van der Waals surface area (Å²) in [5.74, 6) is 0.381. The summed E-state index contributed by atoms with van der Waals surface area (Å²) in [4.78, 5) is 31.4. The summed E-state index contributed by atoms with van der Waals surface area (Å²) in [5.41, 5.74) is -0.296. The molecule has 9 heteroatoms. The van der Waals surface area contributed by atoms with Gasteiger partial charge in [0.15, 0.2) is 5.65 Å². The van der Waals surface area contributed by atoms with Crippen LogP contribution in [0.5, 0.6) is 5.75 Å². The quantitative estimate of drug-likeness (QED) is 0.462. The van der Waals surface area contributed by atoms with Crippen LogP contribution in [0.2, 0.25) is 0 Å². The average Bonchev–Trinajstić information content (AvgIpc) is 2.76. The van der Waals surface area contributed by atoms with Crippen molar-refractivity contribution in [3.8, 4) is 11.4 Å². The molecule has 2 aromatic heterocycles. The predicted octanol–water partition coefficient (Wildman–Crippen LogP) is 4.24. The molecule has 33 heavy (non-hydrogen) atoms. The number of rotatable bonds is 4. The number of fused-ring (bicyclic) bond motifs is 1. The molecule has 4 aromatic rings. The summed E-state index contributed by atoms with van der Waals surface area (Å²) in [6, 6.07) is 13.0. The summed E-state index contributed by atoms with van der Waals surface area (Å²) in [6.45, 7) is 3.14. The van der Waals surface area contributed by atoms with E-state index >= 15 is 0 Å². The molecule has 0 saturated carbocycles. The van der Waals surface area contributed by atoms with Crippen molar-refractivity contribution < 1.29 is 17.9 Å². The van der Waals surface area contributed by atoms with Crippen molar-refractivity contribution in [1.82, 2.24) is 14.1 Å². The second kappa shape index (κ2) is 8.23. The second-order valence-electron chi connectivity index (χ2n) is 7.66. The van der Waals surface area contributed by atoms with E-state index < -0.39 is 23.0 Å². The van der Waals surface area contributed by atoms with Crippen LogP contribution in [0.3, 0.4) is 0 Å². The summed E-state index contributed by atoms with van der Waals surface area (Å²) in [5, 5.41) is 0.207. The first-order chi connectivity index (χ1) is 15.6. The average molecular weight is 455 g/mol. The Labute approximate surface area is 186 Å². The van der Waals surface area contributed by atoms with Crippen LogP contribution in [0.4, 0.5) is 13.2 Å². The predicted molar refractivity (Wildman–Crippen MR) is 118 cm³/mol. The van der Waals surface area contributed by atoms with Crippen molar-refractivity contribution in [3.63, 3.8) is 0 Å². The maximum atomic E-state index is 13.6. The molecule has 0 aliphatic rings. The topological polar surface area (TPSA) is 66.1 Å². The van der Waals surface area contributed by atoms with Crippen molar-refractivity contribution in [3.05, 3.63) is 97.8 Å². The molecule has 0 atom stereocenters. The van der Waals surface area contributed by atoms with Gasteiger partial charge in [0.25, 0.3) is 5.56 Å². The van der Waals surface area contributed by atoms with E-state index in [0.29, 0.717) is 22.7 Å². The number of pyridine rings is 1. The SMILES string of the molecule is COc1ccccc1-n1c(=O)n(Cc2cccc(C(F)(F)F)c2)c(=O)c2c(C)cc(C)nc21. The molecule has 2 heterocycles. The Balaban J connectivity index is 2.05. The van der Waals surface area contributed by atoms with Gasteiger partial charge in [-0.05, 0) is 55.3 Å². The molecule has 2 aromatic carbocycles. The first-order valence-electron chi connectivity index (χ1n) is 10.0. The van der Waals surface area contributed by atoms with Crippen molar-refractivity contribution in [2.45, 2.75) is 26.6 Å². The van der Waals surface area contributed by atoms with Crippen LogP contribution in [0.25, 0.3) is 16.7 Å². The highest BCUT2D eigenvalue weighted by Gasteiger charge is 2.30. The largest absolute Gasteiger partial charge is 0.495 e. The number of benzene rings is 2. The maximum absolute atomic E-state index is 13.6. The molecule has 0 bridgehead atoms. The van der Waals surface area contributed by atoms with Crippen LogP contribution < -0.4 is 16.0 Å². The molecular weight excluding hydrogens is 435 g/mol. The maximum Gasteiger partial charge on any atom is 0.416 e. The van der Waals surface area contributed by atoms with Crippen LogP contribution >= 0.6 is 0 Å². The van der Waals surface area contributed by atoms with Crippen molar-refractivity contribution in [2.24, 2.45) is 0 Å². The van der Waals surface area contributed by atoms with Crippen LogP contribution in [0.1, 0.15) is 22.4 Å². The number of nitrogens with zero attached hydrogens (tertiary/aromatic N) is 3. The smallest absolute Gasteiger partial charge is 0.416 e. The molecule has 0 radical (unpaired) electrons. The Morgan fingerprint density at radius 3 is 2.42 bits per heavy atom. The Kier molecular flexibility index (Phi) is 5.57. The lowest BCUT2D eigenvalue weighted by Crippen LogP contribution is -2.40. The third kappa shape index (κ3) is 4.02. The minimum absolute atomic E-state index is 0.160. The van der Waals surface area contributed by atoms with E-state index in [4.69, 9.17) is 4.74 Å². The number of aryl methyl sites for hydroxylation is 2. The van der Waals surface area contributed by atoms with Gasteiger partial charge < -0.3 is 4.74 Å². The summed E-state index contributed by atoms with van der Waals surface area (Å²) in [7, 11) is 1.45. The fourth-order valence-electron chi connectivity index (χ4n) is 3.88. The number of hydrogen-bond acceptors (Lipinski definition) is 4. The van der Waals surface area contributed by atoms with Gasteiger partial charge in [-0.3, -0.25) is 9.36 Å². The zero-order valence-corrected chi connectivity index (χ0v) is 18.1. The highest BCUT2D eigenvalue weighted by Crippen LogP contribution is 2.30. The van der Waals surface area contributed by atoms with Crippen molar-refractivity contribution in [1.29, 1.82) is 0 Å². The molecular formula is C24H20F3N3O3. The van der Waals surface area contributed by atoms with Crippen LogP contribution in [-0.2, 0) is 12.7 Å². The van der Waals surface area contributed by atoms with Crippen molar-refractivity contribution in [2.75, 3.05) is 7.11 Å². The molecule has 0 spiro atoms. The molecule has 4 rings (SSSR count). The summed E-state index contributed by atoms with van der Waals surface area (Å²) in [6.07, 6.45) is -4.54. The molecule has 0 aliphatic heterocycles. The first-order valence-corrected chi connectivity index (χ1v) is 10.0. The van der Waals surface area contributed by atoms with E-state index in [9.17, 15) is 22.8 Å². The van der Waals surface area contributed by atoms with E-state index in [1.54, 1.807) is 44.2 Å². The van der Waals surface area contributed by atoms with E-state index in [-0.39, 0.29) is 23.1 Å². The fraction of sp³-hybridized carbons (Fsp3) is 0.208. The Morgan fingerprint density at radius 2 is 1.73 bits per heavy atom. The van der Waals surface area contributed by atoms with Gasteiger partial charge >= 0.3 is 11.9 Å². The molecule has 0 fully saturated rings. The Bertz CT molecular complexity index is 1490. The lowest BCUT2D eigenvalue weighted by atomic mass is 10.1. The third-order valence-electron chi connectivity index (χ3n) is 5.34. The number of ether oxygens (including phenoxy) is 1. The fourth-order valence-corrected chi connectivity index (χ4v) is 3.88. The van der Waals surface area contributed by atoms with E-state index in [0.717, 1.165) is 16.7 Å². The van der Waals surface area contributed by atoms with Gasteiger partial charge in [0.2, 0.25) is 0 Å². The monoisotopic (exact) mass is 455 g/mol. The zero-order chi connectivity index (χ0) is 23.9. The Morgan fingerprint density at radius 1 is 1.00 bits per heavy atom. The highest BCUT2D eigenvalue weighted by atomic mass is 19.4. The molecule has 0 N–H and O–H groups in total. The van der Waals surface area contributed by atoms with Gasteiger partial charge in [0.05, 0.1) is 30.3 Å². The van der Waals surface area contributed by atoms with Gasteiger partial charge in [-0.15, -0.1) is 0 Å². The van der Waals surface area contributed by atoms with E-state index in [2.05, 4.69) is 4.98 Å². The number of aromatic nitrogens is 3. The van der Waals surface area contributed by atoms with Crippen LogP contribution in [-0.4, -0.2) is 21.2 Å². The molecule has 0 saturated heterocycles.